The highest BCUT2D eigenvalue weighted by Crippen LogP contribution is 2.27. The van der Waals surface area contributed by atoms with Crippen molar-refractivity contribution in [3.63, 3.8) is 0 Å². The van der Waals surface area contributed by atoms with E-state index in [0.29, 0.717) is 4.57 Å². The monoisotopic (exact) mass is 368 g/mol. The van der Waals surface area contributed by atoms with Crippen LogP contribution in [0.5, 0.6) is 5.75 Å². The third-order valence-electron chi connectivity index (χ3n) is 3.11. The zero-order chi connectivity index (χ0) is 19.0. The summed E-state index contributed by atoms with van der Waals surface area (Å²) in [5.41, 5.74) is -3.99. The molecule has 0 aliphatic rings. The van der Waals surface area contributed by atoms with E-state index in [9.17, 15) is 35.9 Å². The highest BCUT2D eigenvalue weighted by atomic mass is 19.4. The molecule has 0 aliphatic carbocycles. The van der Waals surface area contributed by atoms with E-state index < -0.39 is 35.9 Å². The van der Waals surface area contributed by atoms with Crippen molar-refractivity contribution in [2.45, 2.75) is 12.4 Å². The van der Waals surface area contributed by atoms with E-state index in [1.807, 2.05) is 0 Å². The molecule has 0 saturated carbocycles. The molecular weight excluding hydrogens is 358 g/mol. The van der Waals surface area contributed by atoms with Crippen LogP contribution in [0.25, 0.3) is 5.69 Å². The number of benzene rings is 1. The lowest BCUT2D eigenvalue weighted by molar-refractivity contribution is -0.153. The van der Waals surface area contributed by atoms with Gasteiger partial charge in [-0.1, -0.05) is 0 Å². The molecule has 0 bridgehead atoms. The molecule has 0 spiro atoms. The molecule has 0 fully saturated rings. The van der Waals surface area contributed by atoms with Gasteiger partial charge in [0.1, 0.15) is 11.4 Å². The van der Waals surface area contributed by atoms with Gasteiger partial charge in [-0.15, -0.1) is 0 Å². The van der Waals surface area contributed by atoms with Crippen molar-refractivity contribution < 1.29 is 31.1 Å². The van der Waals surface area contributed by atoms with E-state index in [-0.39, 0.29) is 22.1 Å². The second-order valence-electron chi connectivity index (χ2n) is 4.94. The first-order chi connectivity index (χ1) is 11.4. The minimum Gasteiger partial charge on any atom is -0.484 e. The summed E-state index contributed by atoms with van der Waals surface area (Å²) in [5, 5.41) is 0. The molecule has 136 valence electrons. The third-order valence-corrected chi connectivity index (χ3v) is 3.11. The van der Waals surface area contributed by atoms with Crippen molar-refractivity contribution in [2.75, 3.05) is 6.61 Å². The maximum absolute atomic E-state index is 12.8. The molecule has 0 aliphatic heterocycles. The number of aromatic nitrogens is 2. The minimum atomic E-state index is -4.89. The van der Waals surface area contributed by atoms with Gasteiger partial charge in [-0.3, -0.25) is 9.36 Å². The van der Waals surface area contributed by atoms with Gasteiger partial charge >= 0.3 is 18.0 Å². The van der Waals surface area contributed by atoms with Crippen molar-refractivity contribution in [1.29, 1.82) is 0 Å². The molecule has 0 atom stereocenters. The van der Waals surface area contributed by atoms with Gasteiger partial charge in [-0.05, 0) is 24.3 Å². The molecule has 0 unspecified atom stereocenters. The van der Waals surface area contributed by atoms with Crippen LogP contribution in [0.4, 0.5) is 26.3 Å². The lowest BCUT2D eigenvalue weighted by Gasteiger charge is -2.14. The van der Waals surface area contributed by atoms with Crippen molar-refractivity contribution in [1.82, 2.24) is 9.13 Å². The van der Waals surface area contributed by atoms with Crippen molar-refractivity contribution in [2.24, 2.45) is 7.05 Å². The fourth-order valence-electron chi connectivity index (χ4n) is 1.99. The van der Waals surface area contributed by atoms with Gasteiger partial charge < -0.3 is 4.74 Å². The average molecular weight is 368 g/mol. The summed E-state index contributed by atoms with van der Waals surface area (Å²) in [6.45, 7) is -1.53. The number of alkyl halides is 6. The van der Waals surface area contributed by atoms with E-state index in [4.69, 9.17) is 0 Å². The lowest BCUT2D eigenvalue weighted by Crippen LogP contribution is -2.40. The standard InChI is InChI=1S/C14H10F6N2O3/c1-21-10(14(18,19)20)6-11(23)22(12(21)24)8-2-4-9(5-3-8)25-7-13(15,16)17/h2-6H,7H2,1H3. The number of ether oxygens (including phenoxy) is 1. The van der Waals surface area contributed by atoms with Crippen LogP contribution in [-0.2, 0) is 13.2 Å². The van der Waals surface area contributed by atoms with Crippen molar-refractivity contribution >= 4 is 0 Å². The molecule has 5 nitrogen and oxygen atoms in total. The Labute approximate surface area is 135 Å². The fraction of sp³-hybridized carbons (Fsp3) is 0.286. The number of rotatable bonds is 3. The summed E-state index contributed by atoms with van der Waals surface area (Å²) in [6, 6.07) is 4.55. The second kappa shape index (κ2) is 6.30. The van der Waals surface area contributed by atoms with Gasteiger partial charge in [-0.2, -0.15) is 26.3 Å². The summed E-state index contributed by atoms with van der Waals surface area (Å²) in [4.78, 5) is 23.9. The zero-order valence-corrected chi connectivity index (χ0v) is 12.5. The normalized spacial score (nSPS) is 12.3. The van der Waals surface area contributed by atoms with Gasteiger partial charge in [0.05, 0.1) is 5.69 Å². The lowest BCUT2D eigenvalue weighted by atomic mass is 10.3. The molecule has 1 heterocycles. The van der Waals surface area contributed by atoms with Gasteiger partial charge in [0.25, 0.3) is 5.56 Å². The van der Waals surface area contributed by atoms with Gasteiger partial charge in [0.15, 0.2) is 6.61 Å². The Bertz CT molecular complexity index is 878. The maximum atomic E-state index is 12.8. The Morgan fingerprint density at radius 2 is 1.56 bits per heavy atom. The predicted molar refractivity (Wildman–Crippen MR) is 73.8 cm³/mol. The van der Waals surface area contributed by atoms with Crippen LogP contribution >= 0.6 is 0 Å². The smallest absolute Gasteiger partial charge is 0.431 e. The van der Waals surface area contributed by atoms with E-state index in [0.717, 1.165) is 31.3 Å². The van der Waals surface area contributed by atoms with Gasteiger partial charge in [0.2, 0.25) is 0 Å². The molecule has 0 N–H and O–H groups in total. The third kappa shape index (κ3) is 4.22. The Morgan fingerprint density at radius 3 is 2.04 bits per heavy atom. The largest absolute Gasteiger partial charge is 0.484 e. The van der Waals surface area contributed by atoms with E-state index >= 15 is 0 Å². The molecule has 11 heteroatoms. The Hall–Kier alpha value is -2.72. The first kappa shape index (κ1) is 18.6. The second-order valence-corrected chi connectivity index (χ2v) is 4.94. The SMILES string of the molecule is Cn1c(C(F)(F)F)cc(=O)n(-c2ccc(OCC(F)(F)F)cc2)c1=O. The van der Waals surface area contributed by atoms with Crippen LogP contribution in [0, 0.1) is 0 Å². The van der Waals surface area contributed by atoms with Crippen LogP contribution in [0.15, 0.2) is 39.9 Å². The van der Waals surface area contributed by atoms with Crippen molar-refractivity contribution in [3.05, 3.63) is 56.9 Å². The maximum Gasteiger partial charge on any atom is 0.431 e. The van der Waals surface area contributed by atoms with Crippen LogP contribution in [0.3, 0.4) is 0 Å². The first-order valence-electron chi connectivity index (χ1n) is 6.60. The topological polar surface area (TPSA) is 53.2 Å². The fourth-order valence-corrected chi connectivity index (χ4v) is 1.99. The molecule has 0 amide bonds. The van der Waals surface area contributed by atoms with Gasteiger partial charge in [-0.25, -0.2) is 9.36 Å². The van der Waals surface area contributed by atoms with Gasteiger partial charge in [0, 0.05) is 13.1 Å². The van der Waals surface area contributed by atoms with Crippen molar-refractivity contribution in [3.8, 4) is 11.4 Å². The van der Waals surface area contributed by atoms with Crippen LogP contribution < -0.4 is 16.0 Å². The minimum absolute atomic E-state index is 0.112. The Balaban J connectivity index is 2.42. The number of hydrogen-bond donors (Lipinski definition) is 0. The average Bonchev–Trinajstić information content (AvgIpc) is 2.48. The molecule has 1 aromatic heterocycles. The van der Waals surface area contributed by atoms with Crippen LogP contribution in [0.2, 0.25) is 0 Å². The van der Waals surface area contributed by atoms with E-state index in [1.165, 1.54) is 0 Å². The predicted octanol–water partition coefficient (Wildman–Crippen LogP) is 2.50. The van der Waals surface area contributed by atoms with Crippen LogP contribution in [-0.4, -0.2) is 21.9 Å². The molecule has 0 radical (unpaired) electrons. The molecule has 1 aromatic carbocycles. The first-order valence-corrected chi connectivity index (χ1v) is 6.60. The zero-order valence-electron chi connectivity index (χ0n) is 12.5. The summed E-state index contributed by atoms with van der Waals surface area (Å²) in [7, 11) is 0.849. The number of hydrogen-bond acceptors (Lipinski definition) is 3. The summed E-state index contributed by atoms with van der Waals surface area (Å²) in [6.07, 6.45) is -9.43. The summed E-state index contributed by atoms with van der Waals surface area (Å²) < 4.78 is 79.7. The molecule has 25 heavy (non-hydrogen) atoms. The molecular formula is C14H10F6N2O3. The number of halogens is 6. The van der Waals surface area contributed by atoms with E-state index in [2.05, 4.69) is 4.74 Å². The highest BCUT2D eigenvalue weighted by Gasteiger charge is 2.35. The number of nitrogens with zero attached hydrogens (tertiary/aromatic N) is 2. The Morgan fingerprint density at radius 1 is 1.00 bits per heavy atom. The summed E-state index contributed by atoms with van der Waals surface area (Å²) in [5.74, 6) is -0.183. The molecule has 2 aromatic rings. The molecule has 0 saturated heterocycles. The summed E-state index contributed by atoms with van der Waals surface area (Å²) >= 11 is 0. The molecule has 2 rings (SSSR count). The van der Waals surface area contributed by atoms with E-state index in [1.54, 1.807) is 0 Å². The Kier molecular flexibility index (Phi) is 4.69. The highest BCUT2D eigenvalue weighted by molar-refractivity contribution is 5.37. The van der Waals surface area contributed by atoms with Crippen LogP contribution in [0.1, 0.15) is 5.69 Å². The quantitative estimate of drug-likeness (QED) is 0.783.